The molecule has 2 N–H and O–H groups in total. The third-order valence-corrected chi connectivity index (χ3v) is 2.62. The van der Waals surface area contributed by atoms with Crippen molar-refractivity contribution in [2.75, 3.05) is 19.7 Å². The molecule has 0 aromatic rings. The number of aliphatic carboxylic acids is 1. The monoisotopic (exact) mass is 201 g/mol. The quantitative estimate of drug-likeness (QED) is 0.693. The van der Waals surface area contributed by atoms with Crippen molar-refractivity contribution in [3.63, 3.8) is 0 Å². The van der Waals surface area contributed by atoms with Gasteiger partial charge in [0.15, 0.2) is 0 Å². The average molecular weight is 201 g/mol. The van der Waals surface area contributed by atoms with E-state index in [4.69, 9.17) is 9.84 Å². The molecule has 2 atom stereocenters. The van der Waals surface area contributed by atoms with E-state index >= 15 is 0 Å². The van der Waals surface area contributed by atoms with E-state index in [1.165, 1.54) is 0 Å². The standard InChI is InChI=1S/C10H19NO3/c1-2-14-9(6-10(12)13)8-4-3-5-11-7-8/h8-9,11H,2-7H2,1H3,(H,12,13). The van der Waals surface area contributed by atoms with Crippen LogP contribution in [0.5, 0.6) is 0 Å². The molecule has 1 rings (SSSR count). The summed E-state index contributed by atoms with van der Waals surface area (Å²) in [6.45, 7) is 4.43. The van der Waals surface area contributed by atoms with Crippen LogP contribution >= 0.6 is 0 Å². The lowest BCUT2D eigenvalue weighted by molar-refractivity contribution is -0.141. The first-order valence-electron chi connectivity index (χ1n) is 5.28. The van der Waals surface area contributed by atoms with Gasteiger partial charge in [0.1, 0.15) is 0 Å². The molecule has 0 spiro atoms. The van der Waals surface area contributed by atoms with Crippen LogP contribution in [0.15, 0.2) is 0 Å². The zero-order chi connectivity index (χ0) is 10.4. The number of hydrogen-bond acceptors (Lipinski definition) is 3. The molecule has 1 fully saturated rings. The molecule has 0 aromatic heterocycles. The Morgan fingerprint density at radius 3 is 3.00 bits per heavy atom. The van der Waals surface area contributed by atoms with Crippen LogP contribution in [0.25, 0.3) is 0 Å². The zero-order valence-electron chi connectivity index (χ0n) is 8.66. The maximum atomic E-state index is 10.6. The third kappa shape index (κ3) is 3.64. The van der Waals surface area contributed by atoms with Crippen LogP contribution in [0, 0.1) is 5.92 Å². The molecule has 0 amide bonds. The fourth-order valence-corrected chi connectivity index (χ4v) is 1.94. The Balaban J connectivity index is 2.42. The Morgan fingerprint density at radius 1 is 1.71 bits per heavy atom. The molecule has 1 aliphatic rings. The summed E-state index contributed by atoms with van der Waals surface area (Å²) in [5, 5.41) is 12.0. The molecule has 0 aliphatic carbocycles. The van der Waals surface area contributed by atoms with Gasteiger partial charge in [-0.3, -0.25) is 4.79 Å². The minimum Gasteiger partial charge on any atom is -0.481 e. The largest absolute Gasteiger partial charge is 0.481 e. The van der Waals surface area contributed by atoms with Gasteiger partial charge in [0, 0.05) is 13.2 Å². The van der Waals surface area contributed by atoms with Crippen LogP contribution < -0.4 is 5.32 Å². The molecule has 0 bridgehead atoms. The molecular formula is C10H19NO3. The van der Waals surface area contributed by atoms with Crippen molar-refractivity contribution in [3.8, 4) is 0 Å². The van der Waals surface area contributed by atoms with E-state index in [2.05, 4.69) is 5.32 Å². The van der Waals surface area contributed by atoms with Gasteiger partial charge in [-0.2, -0.15) is 0 Å². The molecule has 14 heavy (non-hydrogen) atoms. The molecular weight excluding hydrogens is 182 g/mol. The van der Waals surface area contributed by atoms with Gasteiger partial charge in [-0.25, -0.2) is 0 Å². The molecule has 4 heteroatoms. The number of carboxylic acids is 1. The smallest absolute Gasteiger partial charge is 0.305 e. The predicted octanol–water partition coefficient (Wildman–Crippen LogP) is 0.866. The van der Waals surface area contributed by atoms with Gasteiger partial charge in [0.25, 0.3) is 0 Å². The summed E-state index contributed by atoms with van der Waals surface area (Å²) in [5.74, 6) is -0.408. The minimum atomic E-state index is -0.769. The highest BCUT2D eigenvalue weighted by atomic mass is 16.5. The van der Waals surface area contributed by atoms with Crippen LogP contribution in [0.4, 0.5) is 0 Å². The third-order valence-electron chi connectivity index (χ3n) is 2.62. The van der Waals surface area contributed by atoms with E-state index < -0.39 is 5.97 Å². The van der Waals surface area contributed by atoms with Gasteiger partial charge in [-0.1, -0.05) is 0 Å². The van der Waals surface area contributed by atoms with E-state index in [1.807, 2.05) is 6.92 Å². The molecule has 4 nitrogen and oxygen atoms in total. The van der Waals surface area contributed by atoms with Gasteiger partial charge in [-0.15, -0.1) is 0 Å². The Morgan fingerprint density at radius 2 is 2.50 bits per heavy atom. The van der Waals surface area contributed by atoms with E-state index in [-0.39, 0.29) is 12.5 Å². The van der Waals surface area contributed by atoms with E-state index in [1.54, 1.807) is 0 Å². The Labute approximate surface area is 84.6 Å². The van der Waals surface area contributed by atoms with Crippen LogP contribution in [0.2, 0.25) is 0 Å². The highest BCUT2D eigenvalue weighted by Crippen LogP contribution is 2.19. The maximum Gasteiger partial charge on any atom is 0.305 e. The molecule has 2 unspecified atom stereocenters. The van der Waals surface area contributed by atoms with E-state index in [0.717, 1.165) is 25.9 Å². The number of hydrogen-bond donors (Lipinski definition) is 2. The number of ether oxygens (including phenoxy) is 1. The lowest BCUT2D eigenvalue weighted by Crippen LogP contribution is -2.39. The number of piperidine rings is 1. The minimum absolute atomic E-state index is 0.120. The van der Waals surface area contributed by atoms with Crippen LogP contribution in [-0.4, -0.2) is 36.9 Å². The van der Waals surface area contributed by atoms with Crippen molar-refractivity contribution in [3.05, 3.63) is 0 Å². The molecule has 82 valence electrons. The van der Waals surface area contributed by atoms with Gasteiger partial charge in [0.2, 0.25) is 0 Å². The number of carboxylic acid groups (broad SMARTS) is 1. The van der Waals surface area contributed by atoms with Gasteiger partial charge in [0.05, 0.1) is 12.5 Å². The van der Waals surface area contributed by atoms with Crippen LogP contribution in [0.1, 0.15) is 26.2 Å². The number of carbonyl (C=O) groups is 1. The number of rotatable bonds is 5. The molecule has 1 aliphatic heterocycles. The highest BCUT2D eigenvalue weighted by Gasteiger charge is 2.25. The molecule has 1 heterocycles. The second-order valence-corrected chi connectivity index (χ2v) is 3.70. The molecule has 0 aromatic carbocycles. The van der Waals surface area contributed by atoms with Crippen LogP contribution in [0.3, 0.4) is 0 Å². The zero-order valence-corrected chi connectivity index (χ0v) is 8.66. The Bertz CT molecular complexity index is 178. The SMILES string of the molecule is CCOC(CC(=O)O)C1CCCNC1. The van der Waals surface area contributed by atoms with Crippen molar-refractivity contribution in [2.45, 2.75) is 32.3 Å². The normalized spacial score (nSPS) is 24.5. The van der Waals surface area contributed by atoms with Gasteiger partial charge < -0.3 is 15.2 Å². The first-order chi connectivity index (χ1) is 6.74. The second-order valence-electron chi connectivity index (χ2n) is 3.70. The van der Waals surface area contributed by atoms with Crippen LogP contribution in [-0.2, 0) is 9.53 Å². The first kappa shape index (κ1) is 11.5. The summed E-state index contributed by atoms with van der Waals surface area (Å²) < 4.78 is 5.47. The van der Waals surface area contributed by atoms with E-state index in [0.29, 0.717) is 12.5 Å². The van der Waals surface area contributed by atoms with E-state index in [9.17, 15) is 4.79 Å². The molecule has 1 saturated heterocycles. The second kappa shape index (κ2) is 5.98. The highest BCUT2D eigenvalue weighted by molar-refractivity contribution is 5.67. The van der Waals surface area contributed by atoms with Crippen molar-refractivity contribution in [1.29, 1.82) is 0 Å². The van der Waals surface area contributed by atoms with Crippen molar-refractivity contribution < 1.29 is 14.6 Å². The fourth-order valence-electron chi connectivity index (χ4n) is 1.94. The topological polar surface area (TPSA) is 58.6 Å². The predicted molar refractivity (Wildman–Crippen MR) is 53.3 cm³/mol. The van der Waals surface area contributed by atoms with Crippen molar-refractivity contribution in [2.24, 2.45) is 5.92 Å². The lowest BCUT2D eigenvalue weighted by Gasteiger charge is -2.29. The summed E-state index contributed by atoms with van der Waals surface area (Å²) >= 11 is 0. The summed E-state index contributed by atoms with van der Waals surface area (Å²) in [4.78, 5) is 10.6. The average Bonchev–Trinajstić information content (AvgIpc) is 2.18. The van der Waals surface area contributed by atoms with Gasteiger partial charge >= 0.3 is 5.97 Å². The Hall–Kier alpha value is -0.610. The van der Waals surface area contributed by atoms with Crippen molar-refractivity contribution >= 4 is 5.97 Å². The number of nitrogens with one attached hydrogen (secondary N) is 1. The maximum absolute atomic E-state index is 10.6. The summed E-state index contributed by atoms with van der Waals surface area (Å²) in [6.07, 6.45) is 2.20. The summed E-state index contributed by atoms with van der Waals surface area (Å²) in [6, 6.07) is 0. The fraction of sp³-hybridized carbons (Fsp3) is 0.900. The summed E-state index contributed by atoms with van der Waals surface area (Å²) in [5.41, 5.74) is 0. The Kier molecular flexibility index (Phi) is 4.90. The van der Waals surface area contributed by atoms with Gasteiger partial charge in [-0.05, 0) is 32.2 Å². The molecule has 0 radical (unpaired) electrons. The van der Waals surface area contributed by atoms with Crippen molar-refractivity contribution in [1.82, 2.24) is 5.32 Å². The first-order valence-corrected chi connectivity index (χ1v) is 5.28. The molecule has 0 saturated carbocycles. The summed E-state index contributed by atoms with van der Waals surface area (Å²) in [7, 11) is 0. The lowest BCUT2D eigenvalue weighted by atomic mass is 9.92.